The first-order chi connectivity index (χ1) is 13.7. The summed E-state index contributed by atoms with van der Waals surface area (Å²) in [5.41, 5.74) is 2.64. The van der Waals surface area contributed by atoms with Crippen molar-refractivity contribution < 1.29 is 18.5 Å². The van der Waals surface area contributed by atoms with Crippen LogP contribution >= 0.6 is 0 Å². The van der Waals surface area contributed by atoms with Crippen LogP contribution in [0, 0.1) is 5.82 Å². The number of rotatable bonds is 5. The Hall–Kier alpha value is -3.12. The first-order valence-corrected chi connectivity index (χ1v) is 9.46. The van der Waals surface area contributed by atoms with Crippen LogP contribution in [-0.4, -0.2) is 32.1 Å². The van der Waals surface area contributed by atoms with Gasteiger partial charge in [0.2, 0.25) is 0 Å². The molecule has 6 heteroatoms. The molecule has 4 rings (SSSR count). The van der Waals surface area contributed by atoms with Gasteiger partial charge in [-0.1, -0.05) is 18.2 Å². The molecule has 1 amide bonds. The van der Waals surface area contributed by atoms with Gasteiger partial charge in [0.1, 0.15) is 12.4 Å². The number of piperazine rings is 1. The molecule has 28 heavy (non-hydrogen) atoms. The molecule has 0 saturated carbocycles. The lowest BCUT2D eigenvalue weighted by Crippen LogP contribution is -3.13. The van der Waals surface area contributed by atoms with Crippen molar-refractivity contribution in [2.75, 3.05) is 36.4 Å². The molecule has 144 valence electrons. The number of carbonyl (C=O) groups is 1. The van der Waals surface area contributed by atoms with Crippen molar-refractivity contribution in [3.63, 3.8) is 0 Å². The summed E-state index contributed by atoms with van der Waals surface area (Å²) >= 11 is 0. The van der Waals surface area contributed by atoms with E-state index in [9.17, 15) is 9.18 Å². The van der Waals surface area contributed by atoms with Gasteiger partial charge in [0.05, 0.1) is 32.4 Å². The molecule has 1 saturated heterocycles. The van der Waals surface area contributed by atoms with Gasteiger partial charge in [-0.25, -0.2) is 4.39 Å². The highest BCUT2D eigenvalue weighted by molar-refractivity contribution is 6.02. The molecule has 0 aliphatic carbocycles. The van der Waals surface area contributed by atoms with Gasteiger partial charge in [-0.2, -0.15) is 0 Å². The highest BCUT2D eigenvalue weighted by Crippen LogP contribution is 2.19. The topological polar surface area (TPSA) is 49.9 Å². The van der Waals surface area contributed by atoms with Gasteiger partial charge >= 0.3 is 0 Å². The number of nitrogens with one attached hydrogen (secondary N) is 2. The normalized spacial score (nSPS) is 14.8. The Kier molecular flexibility index (Phi) is 5.39. The zero-order valence-electron chi connectivity index (χ0n) is 15.5. The van der Waals surface area contributed by atoms with E-state index in [4.69, 9.17) is 4.42 Å². The number of amides is 1. The number of furan rings is 1. The summed E-state index contributed by atoms with van der Waals surface area (Å²) in [4.78, 5) is 15.7. The van der Waals surface area contributed by atoms with Crippen molar-refractivity contribution in [1.82, 2.24) is 0 Å². The summed E-state index contributed by atoms with van der Waals surface area (Å²) in [6.45, 7) is 4.48. The zero-order valence-corrected chi connectivity index (χ0v) is 15.5. The van der Waals surface area contributed by atoms with Gasteiger partial charge in [-0.05, 0) is 42.5 Å². The molecule has 0 radical (unpaired) electrons. The summed E-state index contributed by atoms with van der Waals surface area (Å²) in [5.74, 6) is -0.0919. The monoisotopic (exact) mass is 380 g/mol. The van der Waals surface area contributed by atoms with Crippen LogP contribution in [0.3, 0.4) is 0 Å². The van der Waals surface area contributed by atoms with Gasteiger partial charge in [0, 0.05) is 16.9 Å². The fraction of sp³-hybridized carbons (Fsp3) is 0.227. The summed E-state index contributed by atoms with van der Waals surface area (Å²) in [6, 6.07) is 18.1. The predicted octanol–water partition coefficient (Wildman–Crippen LogP) is 2.58. The van der Waals surface area contributed by atoms with Gasteiger partial charge in [0.15, 0.2) is 5.76 Å². The summed E-state index contributed by atoms with van der Waals surface area (Å²) in [5, 5.41) is 2.82. The second-order valence-electron chi connectivity index (χ2n) is 6.98. The molecule has 1 aliphatic rings. The molecule has 0 bridgehead atoms. The van der Waals surface area contributed by atoms with Crippen LogP contribution in [0.2, 0.25) is 0 Å². The molecule has 0 unspecified atom stereocenters. The van der Waals surface area contributed by atoms with E-state index in [1.807, 2.05) is 36.4 Å². The highest BCUT2D eigenvalue weighted by atomic mass is 19.1. The number of anilines is 2. The minimum absolute atomic E-state index is 0.121. The van der Waals surface area contributed by atoms with E-state index in [-0.39, 0.29) is 17.5 Å². The third-order valence-electron chi connectivity index (χ3n) is 5.10. The fourth-order valence-corrected chi connectivity index (χ4v) is 3.53. The lowest BCUT2D eigenvalue weighted by atomic mass is 10.1. The van der Waals surface area contributed by atoms with E-state index in [0.29, 0.717) is 0 Å². The van der Waals surface area contributed by atoms with Crippen LogP contribution < -0.4 is 15.1 Å². The summed E-state index contributed by atoms with van der Waals surface area (Å²) in [7, 11) is 0. The average molecular weight is 380 g/mol. The quantitative estimate of drug-likeness (QED) is 0.715. The van der Waals surface area contributed by atoms with Crippen molar-refractivity contribution in [2.45, 2.75) is 6.54 Å². The maximum absolute atomic E-state index is 13.8. The fourth-order valence-electron chi connectivity index (χ4n) is 3.53. The van der Waals surface area contributed by atoms with Crippen LogP contribution in [0.25, 0.3) is 0 Å². The minimum Gasteiger partial charge on any atom is -0.459 e. The Morgan fingerprint density at radius 3 is 2.46 bits per heavy atom. The predicted molar refractivity (Wildman–Crippen MR) is 106 cm³/mol. The van der Waals surface area contributed by atoms with Crippen LogP contribution in [0.5, 0.6) is 0 Å². The molecule has 0 spiro atoms. The van der Waals surface area contributed by atoms with Gasteiger partial charge in [-0.3, -0.25) is 4.79 Å². The van der Waals surface area contributed by atoms with Crippen molar-refractivity contribution in [3.05, 3.63) is 84.1 Å². The molecular weight excluding hydrogens is 357 g/mol. The van der Waals surface area contributed by atoms with Crippen molar-refractivity contribution in [3.8, 4) is 0 Å². The third-order valence-corrected chi connectivity index (χ3v) is 5.10. The summed E-state index contributed by atoms with van der Waals surface area (Å²) < 4.78 is 18.9. The Balaban J connectivity index is 1.31. The van der Waals surface area contributed by atoms with Crippen molar-refractivity contribution >= 4 is 17.3 Å². The molecule has 0 atom stereocenters. The minimum atomic E-state index is -0.261. The van der Waals surface area contributed by atoms with Crippen LogP contribution in [0.15, 0.2) is 71.3 Å². The maximum atomic E-state index is 13.8. The molecule has 3 aromatic rings. The Morgan fingerprint density at radius 1 is 1.04 bits per heavy atom. The van der Waals surface area contributed by atoms with Crippen LogP contribution in [0.1, 0.15) is 16.1 Å². The first-order valence-electron chi connectivity index (χ1n) is 9.46. The number of benzene rings is 2. The van der Waals surface area contributed by atoms with Crippen molar-refractivity contribution in [1.29, 1.82) is 0 Å². The lowest BCUT2D eigenvalue weighted by Gasteiger charge is -2.33. The second-order valence-corrected chi connectivity index (χ2v) is 6.98. The standard InChI is InChI=1S/C22H22FN3O2/c23-20-5-2-1-4-17(20)16-25-11-13-26(14-12-25)19-9-7-18(8-10-19)24-22(27)21-6-3-15-28-21/h1-10,15H,11-14,16H2,(H,24,27)/p+1. The second kappa shape index (κ2) is 8.27. The summed E-state index contributed by atoms with van der Waals surface area (Å²) in [6.07, 6.45) is 1.48. The molecule has 1 aromatic heterocycles. The highest BCUT2D eigenvalue weighted by Gasteiger charge is 2.21. The number of nitrogens with zero attached hydrogens (tertiary/aromatic N) is 1. The molecular formula is C22H23FN3O2+. The van der Waals surface area contributed by atoms with E-state index in [2.05, 4.69) is 10.2 Å². The van der Waals surface area contributed by atoms with Crippen LogP contribution in [0.4, 0.5) is 15.8 Å². The Labute approximate surface area is 163 Å². The molecule has 1 aliphatic heterocycles. The first kappa shape index (κ1) is 18.3. The number of hydrogen-bond donors (Lipinski definition) is 2. The van der Waals surface area contributed by atoms with Crippen LogP contribution in [-0.2, 0) is 6.54 Å². The Morgan fingerprint density at radius 2 is 1.79 bits per heavy atom. The maximum Gasteiger partial charge on any atom is 0.291 e. The van der Waals surface area contributed by atoms with Gasteiger partial charge in [0.25, 0.3) is 5.91 Å². The van der Waals surface area contributed by atoms with Gasteiger partial charge in [-0.15, -0.1) is 0 Å². The van der Waals surface area contributed by atoms with Gasteiger partial charge < -0.3 is 19.5 Å². The lowest BCUT2D eigenvalue weighted by molar-refractivity contribution is -0.914. The van der Waals surface area contributed by atoms with E-state index in [0.717, 1.165) is 49.7 Å². The molecule has 2 N–H and O–H groups in total. The largest absolute Gasteiger partial charge is 0.459 e. The number of carbonyl (C=O) groups excluding carboxylic acids is 1. The van der Waals surface area contributed by atoms with E-state index < -0.39 is 0 Å². The molecule has 1 fully saturated rings. The molecule has 2 aromatic carbocycles. The van der Waals surface area contributed by atoms with E-state index >= 15 is 0 Å². The smallest absolute Gasteiger partial charge is 0.291 e. The number of quaternary nitrogens is 1. The zero-order chi connectivity index (χ0) is 19.3. The third kappa shape index (κ3) is 4.23. The number of halogens is 1. The van der Waals surface area contributed by atoms with E-state index in [1.165, 1.54) is 17.2 Å². The Bertz CT molecular complexity index is 917. The molecule has 2 heterocycles. The SMILES string of the molecule is O=C(Nc1ccc(N2CC[NH+](Cc3ccccc3F)CC2)cc1)c1ccco1. The van der Waals surface area contributed by atoms with E-state index in [1.54, 1.807) is 18.2 Å². The average Bonchev–Trinajstić information content (AvgIpc) is 3.26. The number of hydrogen-bond acceptors (Lipinski definition) is 3. The molecule has 5 nitrogen and oxygen atoms in total. The van der Waals surface area contributed by atoms with Crippen molar-refractivity contribution in [2.24, 2.45) is 0 Å².